The van der Waals surface area contributed by atoms with E-state index in [9.17, 15) is 18.0 Å². The van der Waals surface area contributed by atoms with Gasteiger partial charge in [0.2, 0.25) is 5.89 Å². The van der Waals surface area contributed by atoms with Crippen molar-refractivity contribution in [2.24, 2.45) is 7.05 Å². The lowest BCUT2D eigenvalue weighted by molar-refractivity contribution is 0.0672. The molecule has 4 aromatic rings. The fourth-order valence-electron chi connectivity index (χ4n) is 3.71. The number of aromatic nitrogens is 6. The maximum atomic E-state index is 12.7. The highest BCUT2D eigenvalue weighted by Gasteiger charge is 2.37. The third kappa shape index (κ3) is 3.89. The zero-order valence-electron chi connectivity index (χ0n) is 17.8. The molecule has 0 saturated heterocycles. The molecule has 3 heterocycles. The lowest BCUT2D eigenvalue weighted by atomic mass is 9.90. The van der Waals surface area contributed by atoms with Gasteiger partial charge >= 0.3 is 5.76 Å². The van der Waals surface area contributed by atoms with Crippen LogP contribution >= 0.6 is 0 Å². The van der Waals surface area contributed by atoms with Gasteiger partial charge in [0, 0.05) is 7.05 Å². The van der Waals surface area contributed by atoms with Gasteiger partial charge in [0.25, 0.3) is 15.7 Å². The molecular formula is C20H20N6O6S. The van der Waals surface area contributed by atoms with Crippen molar-refractivity contribution in [3.05, 3.63) is 69.3 Å². The van der Waals surface area contributed by atoms with Gasteiger partial charge in [0.05, 0.1) is 23.4 Å². The first-order valence-electron chi connectivity index (χ1n) is 10.2. The van der Waals surface area contributed by atoms with Crippen molar-refractivity contribution in [3.63, 3.8) is 0 Å². The third-order valence-electron chi connectivity index (χ3n) is 5.61. The maximum absolute atomic E-state index is 12.7. The van der Waals surface area contributed by atoms with Gasteiger partial charge in [-0.1, -0.05) is 17.7 Å². The number of benzene rings is 1. The average molecular weight is 472 g/mol. The zero-order valence-corrected chi connectivity index (χ0v) is 18.6. The van der Waals surface area contributed by atoms with E-state index < -0.39 is 22.0 Å². The lowest BCUT2D eigenvalue weighted by Gasteiger charge is -2.33. The maximum Gasteiger partial charge on any atom is 0.437 e. The van der Waals surface area contributed by atoms with Gasteiger partial charge < -0.3 is 8.98 Å². The first-order chi connectivity index (χ1) is 15.7. The summed E-state index contributed by atoms with van der Waals surface area (Å²) in [6, 6.07) is 6.03. The van der Waals surface area contributed by atoms with Crippen LogP contribution in [0.5, 0.6) is 0 Å². The van der Waals surface area contributed by atoms with E-state index in [0.717, 1.165) is 10.2 Å². The van der Waals surface area contributed by atoms with Crippen LogP contribution in [-0.2, 0) is 27.9 Å². The summed E-state index contributed by atoms with van der Waals surface area (Å²) in [5.41, 5.74) is 1.26. The largest absolute Gasteiger partial charge is 0.437 e. The van der Waals surface area contributed by atoms with Gasteiger partial charge in [-0.05, 0) is 31.9 Å². The lowest BCUT2D eigenvalue weighted by Crippen LogP contribution is -2.38. The molecule has 0 bridgehead atoms. The highest BCUT2D eigenvalue weighted by atomic mass is 32.2. The molecule has 172 valence electrons. The Morgan fingerprint density at radius 2 is 1.82 bits per heavy atom. The smallest absolute Gasteiger partial charge is 0.390 e. The van der Waals surface area contributed by atoms with Crippen molar-refractivity contribution in [1.29, 1.82) is 0 Å². The minimum Gasteiger partial charge on any atom is -0.390 e. The van der Waals surface area contributed by atoms with Crippen molar-refractivity contribution in [2.45, 2.75) is 43.4 Å². The topological polar surface area (TPSA) is 144 Å². The summed E-state index contributed by atoms with van der Waals surface area (Å²) in [4.78, 5) is 33.2. The fourth-order valence-corrected chi connectivity index (χ4v) is 4.81. The van der Waals surface area contributed by atoms with Crippen molar-refractivity contribution in [1.82, 2.24) is 28.9 Å². The number of imidazole rings is 1. The molecule has 0 atom stereocenters. The van der Waals surface area contributed by atoms with E-state index in [1.807, 2.05) is 6.92 Å². The van der Waals surface area contributed by atoms with Gasteiger partial charge in [-0.3, -0.25) is 13.5 Å². The molecule has 0 N–H and O–H groups in total. The zero-order chi connectivity index (χ0) is 23.3. The highest BCUT2D eigenvalue weighted by molar-refractivity contribution is 7.86. The van der Waals surface area contributed by atoms with E-state index >= 15 is 0 Å². The first kappa shape index (κ1) is 21.3. The Labute approximate surface area is 187 Å². The molecule has 33 heavy (non-hydrogen) atoms. The van der Waals surface area contributed by atoms with Crippen LogP contribution in [0.25, 0.3) is 11.2 Å². The summed E-state index contributed by atoms with van der Waals surface area (Å²) in [6.45, 7) is 1.78. The molecule has 3 aromatic heterocycles. The van der Waals surface area contributed by atoms with E-state index in [1.54, 1.807) is 23.7 Å². The van der Waals surface area contributed by atoms with Crippen LogP contribution in [0.15, 0.2) is 55.8 Å². The molecule has 1 aromatic carbocycles. The summed E-state index contributed by atoms with van der Waals surface area (Å²) in [7, 11) is -2.21. The van der Waals surface area contributed by atoms with E-state index in [4.69, 9.17) is 8.60 Å². The van der Waals surface area contributed by atoms with Crippen LogP contribution in [0.1, 0.15) is 30.3 Å². The number of hydrogen-bond donors (Lipinski definition) is 0. The number of hydrogen-bond acceptors (Lipinski definition) is 9. The summed E-state index contributed by atoms with van der Waals surface area (Å²) in [6.07, 6.45) is 2.83. The molecule has 12 nitrogen and oxygen atoms in total. The molecule has 5 rings (SSSR count). The first-order valence-corrected chi connectivity index (χ1v) is 11.6. The van der Waals surface area contributed by atoms with Crippen LogP contribution in [0.4, 0.5) is 0 Å². The Morgan fingerprint density at radius 1 is 1.12 bits per heavy atom. The molecule has 13 heteroatoms. The normalized spacial score (nSPS) is 18.5. The van der Waals surface area contributed by atoms with Gasteiger partial charge in [-0.25, -0.2) is 14.8 Å². The van der Waals surface area contributed by atoms with Gasteiger partial charge in [0.15, 0.2) is 11.2 Å². The van der Waals surface area contributed by atoms with Crippen molar-refractivity contribution < 1.29 is 17.0 Å². The molecule has 0 aliphatic heterocycles. The minimum atomic E-state index is -3.89. The molecular weight excluding hydrogens is 452 g/mol. The Kier molecular flexibility index (Phi) is 5.01. The molecule has 0 amide bonds. The Hall–Kier alpha value is -3.58. The Balaban J connectivity index is 1.27. The second-order valence-corrected chi connectivity index (χ2v) is 9.59. The monoisotopic (exact) mass is 472 g/mol. The second-order valence-electron chi connectivity index (χ2n) is 8.02. The number of rotatable bonds is 6. The summed E-state index contributed by atoms with van der Waals surface area (Å²) in [5.74, 6) is -0.639. The fraction of sp³-hybridized carbons (Fsp3) is 0.350. The molecule has 0 spiro atoms. The SMILES string of the molecule is Cc1ccc(S(=O)(=O)OC2CC(n3nc(Cn4cnc5ncn(C)c5c4=O)oc3=O)C2)cc1. The molecule has 1 aliphatic rings. The number of aryl methyl sites for hydroxylation is 2. The van der Waals surface area contributed by atoms with E-state index in [-0.39, 0.29) is 28.9 Å². The molecule has 1 aliphatic carbocycles. The molecule has 0 unspecified atom stereocenters. The predicted octanol–water partition coefficient (Wildman–Crippen LogP) is 0.745. The number of fused-ring (bicyclic) bond motifs is 1. The van der Waals surface area contributed by atoms with Crippen LogP contribution in [-0.4, -0.2) is 43.4 Å². The Morgan fingerprint density at radius 3 is 2.55 bits per heavy atom. The van der Waals surface area contributed by atoms with Crippen LogP contribution in [0.2, 0.25) is 0 Å². The Bertz CT molecular complexity index is 1560. The van der Waals surface area contributed by atoms with Gasteiger partial charge in [-0.15, -0.1) is 5.10 Å². The summed E-state index contributed by atoms with van der Waals surface area (Å²) in [5, 5.41) is 4.18. The molecule has 1 fully saturated rings. The number of nitrogens with zero attached hydrogens (tertiary/aromatic N) is 6. The van der Waals surface area contributed by atoms with Crippen LogP contribution < -0.4 is 11.3 Å². The average Bonchev–Trinajstić information content (AvgIpc) is 3.29. The third-order valence-corrected chi connectivity index (χ3v) is 6.98. The van der Waals surface area contributed by atoms with Crippen LogP contribution in [0.3, 0.4) is 0 Å². The van der Waals surface area contributed by atoms with Gasteiger partial charge in [-0.2, -0.15) is 13.1 Å². The second kappa shape index (κ2) is 7.78. The van der Waals surface area contributed by atoms with Crippen LogP contribution in [0, 0.1) is 6.92 Å². The quantitative estimate of drug-likeness (QED) is 0.371. The molecule has 0 radical (unpaired) electrons. The predicted molar refractivity (Wildman–Crippen MR) is 114 cm³/mol. The van der Waals surface area contributed by atoms with Gasteiger partial charge in [0.1, 0.15) is 12.9 Å². The highest BCUT2D eigenvalue weighted by Crippen LogP contribution is 2.35. The molecule has 1 saturated carbocycles. The van der Waals surface area contributed by atoms with Crippen molar-refractivity contribution in [2.75, 3.05) is 0 Å². The van der Waals surface area contributed by atoms with Crippen molar-refractivity contribution >= 4 is 21.3 Å². The standard InChI is InChI=1S/C20H20N6O6S/c1-12-3-5-15(6-4-12)33(29,30)32-14-7-13(8-14)26-20(28)31-16(23-26)9-25-11-22-18-17(19(25)27)24(2)10-21-18/h3-6,10-11,13-14H,7-9H2,1-2H3. The van der Waals surface area contributed by atoms with E-state index in [1.165, 1.54) is 29.4 Å². The van der Waals surface area contributed by atoms with Crippen molar-refractivity contribution in [3.8, 4) is 0 Å². The van der Waals surface area contributed by atoms with E-state index in [0.29, 0.717) is 24.0 Å². The summed E-state index contributed by atoms with van der Waals surface area (Å²) >= 11 is 0. The summed E-state index contributed by atoms with van der Waals surface area (Å²) < 4.78 is 39.3. The van der Waals surface area contributed by atoms with E-state index in [2.05, 4.69) is 15.1 Å². The minimum absolute atomic E-state index is 0.0436.